The number of allylic oxidation sites excluding steroid dienone is 1. The van der Waals surface area contributed by atoms with Crippen molar-refractivity contribution in [2.45, 2.75) is 6.61 Å². The SMILES string of the molecule is N#C/C(=C/c1ccc(OCc2ccccc2C#N)cc1)c1ccc2c(c1)OCO2. The molecule has 0 unspecified atom stereocenters. The van der Waals surface area contributed by atoms with E-state index in [-0.39, 0.29) is 6.79 Å². The largest absolute Gasteiger partial charge is 0.489 e. The van der Waals surface area contributed by atoms with Crippen molar-refractivity contribution in [2.75, 3.05) is 6.79 Å². The van der Waals surface area contributed by atoms with E-state index in [0.717, 1.165) is 16.7 Å². The summed E-state index contributed by atoms with van der Waals surface area (Å²) in [5, 5.41) is 18.7. The second kappa shape index (κ2) is 8.21. The highest BCUT2D eigenvalue weighted by molar-refractivity contribution is 5.90. The Morgan fingerprint density at radius 3 is 2.55 bits per heavy atom. The molecule has 0 amide bonds. The normalized spacial score (nSPS) is 12.1. The van der Waals surface area contributed by atoms with E-state index in [1.54, 1.807) is 12.1 Å². The molecule has 0 aromatic heterocycles. The van der Waals surface area contributed by atoms with Crippen molar-refractivity contribution in [3.8, 4) is 29.4 Å². The van der Waals surface area contributed by atoms with Gasteiger partial charge in [0.15, 0.2) is 11.5 Å². The summed E-state index contributed by atoms with van der Waals surface area (Å²) >= 11 is 0. The Kier molecular flexibility index (Phi) is 5.14. The molecule has 29 heavy (non-hydrogen) atoms. The van der Waals surface area contributed by atoms with Gasteiger partial charge < -0.3 is 14.2 Å². The molecule has 1 heterocycles. The van der Waals surface area contributed by atoms with Crippen LogP contribution in [0.2, 0.25) is 0 Å². The molecule has 140 valence electrons. The van der Waals surface area contributed by atoms with E-state index in [4.69, 9.17) is 19.5 Å². The molecule has 5 heteroatoms. The van der Waals surface area contributed by atoms with Crippen LogP contribution in [0.15, 0.2) is 66.7 Å². The van der Waals surface area contributed by atoms with Gasteiger partial charge in [-0.25, -0.2) is 0 Å². The molecule has 4 rings (SSSR count). The van der Waals surface area contributed by atoms with E-state index in [1.807, 2.05) is 60.7 Å². The quantitative estimate of drug-likeness (QED) is 0.463. The summed E-state index contributed by atoms with van der Waals surface area (Å²) in [6.07, 6.45) is 1.81. The summed E-state index contributed by atoms with van der Waals surface area (Å²) in [5.41, 5.74) is 3.62. The second-order valence-corrected chi connectivity index (χ2v) is 6.36. The number of hydrogen-bond acceptors (Lipinski definition) is 5. The number of nitrogens with zero attached hydrogens (tertiary/aromatic N) is 2. The average Bonchev–Trinajstić information content (AvgIpc) is 3.25. The fourth-order valence-corrected chi connectivity index (χ4v) is 2.99. The molecular formula is C24H16N2O3. The highest BCUT2D eigenvalue weighted by Crippen LogP contribution is 2.34. The van der Waals surface area contributed by atoms with Gasteiger partial charge in [0.05, 0.1) is 23.3 Å². The van der Waals surface area contributed by atoms with Gasteiger partial charge in [-0.2, -0.15) is 10.5 Å². The summed E-state index contributed by atoms with van der Waals surface area (Å²) in [6.45, 7) is 0.518. The molecule has 0 fully saturated rings. The standard InChI is InChI=1S/C24H16N2O3/c25-13-19-3-1-2-4-20(19)15-27-22-8-5-17(6-9-22)11-21(14-26)18-7-10-23-24(12-18)29-16-28-23/h1-12H,15-16H2/b21-11-. The molecule has 0 spiro atoms. The maximum atomic E-state index is 9.56. The van der Waals surface area contributed by atoms with Crippen molar-refractivity contribution in [3.63, 3.8) is 0 Å². The molecule has 0 saturated carbocycles. The molecular weight excluding hydrogens is 364 g/mol. The lowest BCUT2D eigenvalue weighted by atomic mass is 10.0. The van der Waals surface area contributed by atoms with E-state index in [9.17, 15) is 5.26 Å². The average molecular weight is 380 g/mol. The number of rotatable bonds is 5. The first-order valence-electron chi connectivity index (χ1n) is 8.99. The van der Waals surface area contributed by atoms with Crippen LogP contribution in [0.1, 0.15) is 22.3 Å². The van der Waals surface area contributed by atoms with Crippen LogP contribution in [-0.4, -0.2) is 6.79 Å². The molecule has 0 saturated heterocycles. The van der Waals surface area contributed by atoms with Gasteiger partial charge in [-0.1, -0.05) is 30.3 Å². The lowest BCUT2D eigenvalue weighted by molar-refractivity contribution is 0.174. The molecule has 1 aliphatic rings. The maximum Gasteiger partial charge on any atom is 0.231 e. The molecule has 0 radical (unpaired) electrons. The molecule has 3 aromatic rings. The van der Waals surface area contributed by atoms with Crippen LogP contribution in [0.25, 0.3) is 11.6 Å². The van der Waals surface area contributed by atoms with E-state index in [2.05, 4.69) is 12.1 Å². The zero-order chi connectivity index (χ0) is 20.1. The van der Waals surface area contributed by atoms with Crippen molar-refractivity contribution < 1.29 is 14.2 Å². The summed E-state index contributed by atoms with van der Waals surface area (Å²) in [4.78, 5) is 0. The number of nitriles is 2. The lowest BCUT2D eigenvalue weighted by Crippen LogP contribution is -1.98. The first-order valence-corrected chi connectivity index (χ1v) is 8.99. The monoisotopic (exact) mass is 380 g/mol. The second-order valence-electron chi connectivity index (χ2n) is 6.36. The third-order valence-electron chi connectivity index (χ3n) is 4.53. The van der Waals surface area contributed by atoms with E-state index in [1.165, 1.54) is 0 Å². The Morgan fingerprint density at radius 1 is 0.966 bits per heavy atom. The van der Waals surface area contributed by atoms with Crippen molar-refractivity contribution in [1.82, 2.24) is 0 Å². The lowest BCUT2D eigenvalue weighted by Gasteiger charge is -2.08. The van der Waals surface area contributed by atoms with Crippen LogP contribution >= 0.6 is 0 Å². The van der Waals surface area contributed by atoms with Gasteiger partial charge in [0.1, 0.15) is 12.4 Å². The maximum absolute atomic E-state index is 9.56. The molecule has 5 nitrogen and oxygen atoms in total. The van der Waals surface area contributed by atoms with Gasteiger partial charge in [-0.3, -0.25) is 0 Å². The Bertz CT molecular complexity index is 1150. The van der Waals surface area contributed by atoms with Gasteiger partial charge in [0, 0.05) is 5.56 Å². The van der Waals surface area contributed by atoms with Gasteiger partial charge >= 0.3 is 0 Å². The topological polar surface area (TPSA) is 75.3 Å². The highest BCUT2D eigenvalue weighted by Gasteiger charge is 2.14. The predicted molar refractivity (Wildman–Crippen MR) is 108 cm³/mol. The van der Waals surface area contributed by atoms with Gasteiger partial charge in [-0.15, -0.1) is 0 Å². The molecule has 0 N–H and O–H groups in total. The minimum absolute atomic E-state index is 0.199. The summed E-state index contributed by atoms with van der Waals surface area (Å²) < 4.78 is 16.5. The molecule has 0 bridgehead atoms. The van der Waals surface area contributed by atoms with Gasteiger partial charge in [0.25, 0.3) is 0 Å². The zero-order valence-electron chi connectivity index (χ0n) is 15.5. The van der Waals surface area contributed by atoms with Gasteiger partial charge in [0.2, 0.25) is 6.79 Å². The Hall–Kier alpha value is -4.22. The molecule has 0 atom stereocenters. The molecule has 3 aromatic carbocycles. The summed E-state index contributed by atoms with van der Waals surface area (Å²) in [5.74, 6) is 2.02. The van der Waals surface area contributed by atoms with Gasteiger partial charge in [-0.05, 0) is 53.6 Å². The van der Waals surface area contributed by atoms with Crippen molar-refractivity contribution in [2.24, 2.45) is 0 Å². The highest BCUT2D eigenvalue weighted by atomic mass is 16.7. The number of benzene rings is 3. The first-order chi connectivity index (χ1) is 14.3. The van der Waals surface area contributed by atoms with Crippen LogP contribution in [-0.2, 0) is 6.61 Å². The Morgan fingerprint density at radius 2 is 1.76 bits per heavy atom. The smallest absolute Gasteiger partial charge is 0.231 e. The Balaban J connectivity index is 1.48. The molecule has 1 aliphatic heterocycles. The van der Waals surface area contributed by atoms with Crippen molar-refractivity contribution in [1.29, 1.82) is 10.5 Å². The third-order valence-corrected chi connectivity index (χ3v) is 4.53. The van der Waals surface area contributed by atoms with Crippen molar-refractivity contribution in [3.05, 3.63) is 89.0 Å². The zero-order valence-corrected chi connectivity index (χ0v) is 15.5. The van der Waals surface area contributed by atoms with E-state index >= 15 is 0 Å². The fourth-order valence-electron chi connectivity index (χ4n) is 2.99. The van der Waals surface area contributed by atoms with E-state index < -0.39 is 0 Å². The van der Waals surface area contributed by atoms with Crippen molar-refractivity contribution >= 4 is 11.6 Å². The van der Waals surface area contributed by atoms with Crippen LogP contribution in [0.3, 0.4) is 0 Å². The van der Waals surface area contributed by atoms with E-state index in [0.29, 0.717) is 35.0 Å². The molecule has 0 aliphatic carbocycles. The third kappa shape index (κ3) is 4.05. The van der Waals surface area contributed by atoms with Crippen LogP contribution in [0.4, 0.5) is 0 Å². The summed E-state index contributed by atoms with van der Waals surface area (Å²) in [7, 11) is 0. The van der Waals surface area contributed by atoms with Crippen LogP contribution in [0, 0.1) is 22.7 Å². The Labute approximate surface area is 168 Å². The number of hydrogen-bond donors (Lipinski definition) is 0. The first kappa shape index (κ1) is 18.2. The minimum Gasteiger partial charge on any atom is -0.489 e. The summed E-state index contributed by atoms with van der Waals surface area (Å²) in [6, 6.07) is 24.7. The predicted octanol–water partition coefficient (Wildman–Crippen LogP) is 4.93. The van der Waals surface area contributed by atoms with Crippen LogP contribution < -0.4 is 14.2 Å². The number of ether oxygens (including phenoxy) is 3. The van der Waals surface area contributed by atoms with Crippen LogP contribution in [0.5, 0.6) is 17.2 Å². The number of fused-ring (bicyclic) bond motifs is 1. The fraction of sp³-hybridized carbons (Fsp3) is 0.0833. The minimum atomic E-state index is 0.199.